The molecule has 0 unspecified atom stereocenters. The predicted molar refractivity (Wildman–Crippen MR) is 72.5 cm³/mol. The third-order valence-corrected chi connectivity index (χ3v) is 3.17. The number of methoxy groups -OCH3 is 1. The van der Waals surface area contributed by atoms with Gasteiger partial charge < -0.3 is 20.5 Å². The van der Waals surface area contributed by atoms with Gasteiger partial charge in [-0.25, -0.2) is 14.4 Å². The maximum absolute atomic E-state index is 11.9. The molecule has 0 spiro atoms. The van der Waals surface area contributed by atoms with Gasteiger partial charge in [0.15, 0.2) is 0 Å². The molecule has 110 valence electrons. The Hall–Kier alpha value is -2.83. The van der Waals surface area contributed by atoms with Gasteiger partial charge in [0.2, 0.25) is 0 Å². The lowest BCUT2D eigenvalue weighted by Crippen LogP contribution is -2.45. The number of hydrogen-bond acceptors (Lipinski definition) is 4. The molecule has 21 heavy (non-hydrogen) atoms. The van der Waals surface area contributed by atoms with Gasteiger partial charge in [-0.15, -0.1) is 0 Å². The third-order valence-electron chi connectivity index (χ3n) is 3.17. The molecule has 2 rings (SSSR count). The van der Waals surface area contributed by atoms with E-state index in [1.165, 1.54) is 19.2 Å². The average molecular weight is 290 g/mol. The van der Waals surface area contributed by atoms with Gasteiger partial charge in [-0.1, -0.05) is 12.1 Å². The highest BCUT2D eigenvalue weighted by atomic mass is 16.5. The van der Waals surface area contributed by atoms with E-state index >= 15 is 0 Å². The van der Waals surface area contributed by atoms with Gasteiger partial charge in [-0.2, -0.15) is 0 Å². The zero-order valence-electron chi connectivity index (χ0n) is 11.5. The second-order valence-electron chi connectivity index (χ2n) is 4.49. The van der Waals surface area contributed by atoms with Crippen molar-refractivity contribution < 1.29 is 24.2 Å². The normalized spacial score (nSPS) is 17.8. The summed E-state index contributed by atoms with van der Waals surface area (Å²) in [7, 11) is 1.25. The number of hydrogen-bond donors (Lipinski definition) is 3. The van der Waals surface area contributed by atoms with Crippen LogP contribution in [-0.4, -0.2) is 30.2 Å². The Morgan fingerprint density at radius 2 is 1.86 bits per heavy atom. The van der Waals surface area contributed by atoms with E-state index in [-0.39, 0.29) is 11.1 Å². The summed E-state index contributed by atoms with van der Waals surface area (Å²) in [4.78, 5) is 34.3. The van der Waals surface area contributed by atoms with E-state index in [4.69, 9.17) is 9.84 Å². The van der Waals surface area contributed by atoms with E-state index in [1.54, 1.807) is 19.1 Å². The Kier molecular flexibility index (Phi) is 3.93. The summed E-state index contributed by atoms with van der Waals surface area (Å²) in [6.07, 6.45) is 0. The van der Waals surface area contributed by atoms with E-state index in [1.807, 2.05) is 0 Å². The van der Waals surface area contributed by atoms with Crippen molar-refractivity contribution in [3.05, 3.63) is 46.7 Å². The van der Waals surface area contributed by atoms with Gasteiger partial charge in [-0.3, -0.25) is 0 Å². The van der Waals surface area contributed by atoms with Crippen molar-refractivity contribution in [2.75, 3.05) is 7.11 Å². The molecular weight excluding hydrogens is 276 g/mol. The van der Waals surface area contributed by atoms with Crippen LogP contribution in [-0.2, 0) is 9.53 Å². The fourth-order valence-electron chi connectivity index (χ4n) is 2.14. The molecule has 7 nitrogen and oxygen atoms in total. The van der Waals surface area contributed by atoms with Crippen molar-refractivity contribution in [3.8, 4) is 0 Å². The van der Waals surface area contributed by atoms with E-state index < -0.39 is 24.0 Å². The largest absolute Gasteiger partial charge is 0.478 e. The van der Waals surface area contributed by atoms with Crippen LogP contribution in [0.3, 0.4) is 0 Å². The highest BCUT2D eigenvalue weighted by Gasteiger charge is 2.31. The number of nitrogens with one attached hydrogen (secondary N) is 2. The van der Waals surface area contributed by atoms with Gasteiger partial charge in [0.1, 0.15) is 0 Å². The van der Waals surface area contributed by atoms with Crippen LogP contribution in [0.25, 0.3) is 0 Å². The van der Waals surface area contributed by atoms with E-state index in [0.717, 1.165) is 0 Å². The van der Waals surface area contributed by atoms with Gasteiger partial charge >= 0.3 is 18.0 Å². The van der Waals surface area contributed by atoms with E-state index in [9.17, 15) is 14.4 Å². The summed E-state index contributed by atoms with van der Waals surface area (Å²) in [5.74, 6) is -1.61. The highest BCUT2D eigenvalue weighted by molar-refractivity contribution is 5.95. The molecule has 1 aromatic rings. The summed E-state index contributed by atoms with van der Waals surface area (Å²) in [5, 5.41) is 14.0. The summed E-state index contributed by atoms with van der Waals surface area (Å²) in [5.41, 5.74) is 1.40. The van der Waals surface area contributed by atoms with E-state index in [2.05, 4.69) is 10.6 Å². The molecule has 0 fully saturated rings. The number of allylic oxidation sites excluding steroid dienone is 1. The van der Waals surface area contributed by atoms with Crippen molar-refractivity contribution in [1.29, 1.82) is 0 Å². The number of urea groups is 1. The molecule has 1 aliphatic heterocycles. The maximum atomic E-state index is 11.9. The number of carboxylic acids is 1. The molecule has 1 aromatic carbocycles. The quantitative estimate of drug-likeness (QED) is 0.725. The standard InChI is InChI=1S/C14H14N2O5/c1-7-10(13(19)21-2)11(16-14(20)15-7)8-3-5-9(6-4-8)12(17)18/h3-6,11H,1-2H3,(H,17,18)(H2,15,16,20)/t11-/m0/s1. The average Bonchev–Trinajstić information content (AvgIpc) is 2.45. The van der Waals surface area contributed by atoms with E-state index in [0.29, 0.717) is 11.3 Å². The van der Waals surface area contributed by atoms with Crippen molar-refractivity contribution in [3.63, 3.8) is 0 Å². The Bertz CT molecular complexity index is 633. The molecule has 1 atom stereocenters. The Labute approximate surface area is 120 Å². The van der Waals surface area contributed by atoms with Gasteiger partial charge in [-0.05, 0) is 24.6 Å². The number of esters is 1. The van der Waals surface area contributed by atoms with Crippen molar-refractivity contribution in [1.82, 2.24) is 10.6 Å². The fourth-order valence-corrected chi connectivity index (χ4v) is 2.14. The number of carbonyl (C=O) groups excluding carboxylic acids is 2. The zero-order chi connectivity index (χ0) is 15.6. The molecule has 0 aromatic heterocycles. The molecule has 0 bridgehead atoms. The smallest absolute Gasteiger partial charge is 0.337 e. The number of ether oxygens (including phenoxy) is 1. The number of carboxylic acid groups (broad SMARTS) is 1. The molecule has 1 heterocycles. The molecule has 0 saturated heterocycles. The topological polar surface area (TPSA) is 105 Å². The number of rotatable bonds is 3. The molecule has 0 radical (unpaired) electrons. The minimum absolute atomic E-state index is 0.124. The van der Waals surface area contributed by atoms with Crippen LogP contribution < -0.4 is 10.6 Å². The second-order valence-corrected chi connectivity index (χ2v) is 4.49. The van der Waals surface area contributed by atoms with Crippen molar-refractivity contribution in [2.45, 2.75) is 13.0 Å². The molecular formula is C14H14N2O5. The Morgan fingerprint density at radius 3 is 2.38 bits per heavy atom. The first kappa shape index (κ1) is 14.6. The van der Waals surface area contributed by atoms with Crippen LogP contribution in [0.2, 0.25) is 0 Å². The van der Waals surface area contributed by atoms with Gasteiger partial charge in [0.05, 0.1) is 24.3 Å². The maximum Gasteiger partial charge on any atom is 0.337 e. The SMILES string of the molecule is COC(=O)C1=C(C)NC(=O)N[C@H]1c1ccc(C(=O)O)cc1. The molecule has 1 aliphatic rings. The first-order valence-corrected chi connectivity index (χ1v) is 6.14. The van der Waals surface area contributed by atoms with Gasteiger partial charge in [0.25, 0.3) is 0 Å². The Morgan fingerprint density at radius 1 is 1.24 bits per heavy atom. The molecule has 7 heteroatoms. The molecule has 0 saturated carbocycles. The summed E-state index contributed by atoms with van der Waals surface area (Å²) < 4.78 is 4.73. The first-order chi connectivity index (χ1) is 9.93. The van der Waals surface area contributed by atoms with Crippen LogP contribution in [0.5, 0.6) is 0 Å². The van der Waals surface area contributed by atoms with Crippen LogP contribution in [0.15, 0.2) is 35.5 Å². The lowest BCUT2D eigenvalue weighted by Gasteiger charge is -2.27. The minimum atomic E-state index is -1.05. The fraction of sp³-hybridized carbons (Fsp3) is 0.214. The summed E-state index contributed by atoms with van der Waals surface area (Å²) >= 11 is 0. The van der Waals surface area contributed by atoms with Crippen LogP contribution in [0.1, 0.15) is 28.9 Å². The minimum Gasteiger partial charge on any atom is -0.478 e. The summed E-state index contributed by atoms with van der Waals surface area (Å²) in [6.45, 7) is 1.60. The van der Waals surface area contributed by atoms with Crippen molar-refractivity contribution >= 4 is 18.0 Å². The lowest BCUT2D eigenvalue weighted by molar-refractivity contribution is -0.136. The lowest BCUT2D eigenvalue weighted by atomic mass is 9.95. The number of amides is 2. The number of carbonyl (C=O) groups is 3. The molecule has 0 aliphatic carbocycles. The molecule has 2 amide bonds. The number of aromatic carboxylic acids is 1. The zero-order valence-corrected chi connectivity index (χ0v) is 11.5. The third kappa shape index (κ3) is 2.86. The van der Waals surface area contributed by atoms with Gasteiger partial charge in [0, 0.05) is 5.70 Å². The highest BCUT2D eigenvalue weighted by Crippen LogP contribution is 2.27. The molecule has 3 N–H and O–H groups in total. The van der Waals surface area contributed by atoms with Crippen LogP contribution in [0.4, 0.5) is 4.79 Å². The van der Waals surface area contributed by atoms with Crippen molar-refractivity contribution in [2.24, 2.45) is 0 Å². The number of benzene rings is 1. The predicted octanol–water partition coefficient (Wildman–Crippen LogP) is 1.19. The summed E-state index contributed by atoms with van der Waals surface area (Å²) in [6, 6.07) is 4.81. The van der Waals surface area contributed by atoms with Crippen LogP contribution >= 0.6 is 0 Å². The Balaban J connectivity index is 2.43. The van der Waals surface area contributed by atoms with Crippen LogP contribution in [0, 0.1) is 0 Å². The monoisotopic (exact) mass is 290 g/mol. The first-order valence-electron chi connectivity index (χ1n) is 6.14. The second kappa shape index (κ2) is 5.66.